The molecule has 0 aliphatic heterocycles. The van der Waals surface area contributed by atoms with E-state index in [-0.39, 0.29) is 23.5 Å². The van der Waals surface area contributed by atoms with E-state index in [1.54, 1.807) is 31.4 Å². The van der Waals surface area contributed by atoms with Gasteiger partial charge < -0.3 is 21.1 Å². The smallest absolute Gasteiger partial charge is 0.252 e. The Bertz CT molecular complexity index is 1300. The molecule has 2 aromatic carbocycles. The lowest BCUT2D eigenvalue weighted by molar-refractivity contribution is 0.0963. The summed E-state index contributed by atoms with van der Waals surface area (Å²) >= 11 is 6.26. The number of aliphatic hydroxyl groups is 1. The van der Waals surface area contributed by atoms with Gasteiger partial charge in [0, 0.05) is 26.0 Å². The molecule has 0 aliphatic carbocycles. The minimum atomic E-state index is -0.426. The molecule has 2 aromatic heterocycles. The molecule has 4 aromatic rings. The van der Waals surface area contributed by atoms with Gasteiger partial charge in [0.1, 0.15) is 5.82 Å². The van der Waals surface area contributed by atoms with Crippen molar-refractivity contribution >= 4 is 35.0 Å². The third-order valence-electron chi connectivity index (χ3n) is 5.04. The van der Waals surface area contributed by atoms with Crippen molar-refractivity contribution in [2.45, 2.75) is 6.04 Å². The second-order valence-corrected chi connectivity index (χ2v) is 7.68. The number of benzene rings is 2. The number of hydrogen-bond donors (Lipinski definition) is 4. The molecular weight excluding hydrogens is 458 g/mol. The van der Waals surface area contributed by atoms with Crippen LogP contribution >= 0.6 is 11.6 Å². The fourth-order valence-corrected chi connectivity index (χ4v) is 3.57. The topological polar surface area (TPSA) is 143 Å². The van der Waals surface area contributed by atoms with Gasteiger partial charge in [-0.05, 0) is 34.2 Å². The maximum atomic E-state index is 11.9. The van der Waals surface area contributed by atoms with Crippen molar-refractivity contribution in [3.8, 4) is 11.4 Å². The average molecular weight is 480 g/mol. The summed E-state index contributed by atoms with van der Waals surface area (Å²) in [6, 6.07) is 14.0. The summed E-state index contributed by atoms with van der Waals surface area (Å²) in [7, 11) is 3.25. The average Bonchev–Trinajstić information content (AvgIpc) is 3.28. The zero-order valence-electron chi connectivity index (χ0n) is 18.4. The van der Waals surface area contributed by atoms with Crippen molar-refractivity contribution in [1.82, 2.24) is 35.5 Å². The van der Waals surface area contributed by atoms with Crippen molar-refractivity contribution in [2.75, 3.05) is 24.3 Å². The number of amides is 1. The molecule has 0 unspecified atom stereocenters. The number of tetrazole rings is 1. The van der Waals surface area contributed by atoms with Crippen LogP contribution in [0.5, 0.6) is 0 Å². The molecule has 0 fully saturated rings. The number of hydrogen-bond acceptors (Lipinski definition) is 9. The Labute approximate surface area is 200 Å². The number of carbonyl (C=O) groups is 1. The summed E-state index contributed by atoms with van der Waals surface area (Å²) in [6.45, 7) is -0.163. The lowest BCUT2D eigenvalue weighted by Crippen LogP contribution is -2.18. The second-order valence-electron chi connectivity index (χ2n) is 7.27. The molecule has 174 valence electrons. The fraction of sp³-hybridized carbons (Fsp3) is 0.182. The maximum absolute atomic E-state index is 11.9. The molecule has 34 heavy (non-hydrogen) atoms. The molecule has 0 aliphatic rings. The van der Waals surface area contributed by atoms with Crippen molar-refractivity contribution in [3.63, 3.8) is 0 Å². The zero-order valence-corrected chi connectivity index (χ0v) is 19.2. The molecule has 4 N–H and O–H groups in total. The molecule has 0 bridgehead atoms. The summed E-state index contributed by atoms with van der Waals surface area (Å²) in [5.74, 6) is 0.870. The Morgan fingerprint density at radius 3 is 2.65 bits per heavy atom. The highest BCUT2D eigenvalue weighted by Gasteiger charge is 2.19. The summed E-state index contributed by atoms with van der Waals surface area (Å²) < 4.78 is 1.50. The largest absolute Gasteiger partial charge is 0.394 e. The normalized spacial score (nSPS) is 11.6. The standard InChI is InChI=1S/C22H22ClN9O2/c1-24-21(34)15-9-8-14(10-17(15)23)26-22-25-11-16(20-29-30-31-32(20)2)19(28-22)27-18(12-33)13-6-4-3-5-7-13/h3-11,18,33H,12H2,1-2H3,(H,24,34)(H2,25,26,27,28)/t18-/m1/s1. The number of aryl methyl sites for hydroxylation is 1. The van der Waals surface area contributed by atoms with Gasteiger partial charge in [-0.2, -0.15) is 4.98 Å². The monoisotopic (exact) mass is 479 g/mol. The molecule has 0 spiro atoms. The van der Waals surface area contributed by atoms with Crippen molar-refractivity contribution < 1.29 is 9.90 Å². The number of halogens is 1. The minimum absolute atomic E-state index is 0.163. The highest BCUT2D eigenvalue weighted by Crippen LogP contribution is 2.29. The first kappa shape index (κ1) is 23.1. The predicted molar refractivity (Wildman–Crippen MR) is 128 cm³/mol. The van der Waals surface area contributed by atoms with Gasteiger partial charge in [-0.3, -0.25) is 4.79 Å². The Kier molecular flexibility index (Phi) is 6.95. The van der Waals surface area contributed by atoms with Gasteiger partial charge in [0.2, 0.25) is 5.95 Å². The number of aromatic nitrogens is 6. The van der Waals surface area contributed by atoms with E-state index in [4.69, 9.17) is 11.6 Å². The van der Waals surface area contributed by atoms with Crippen LogP contribution in [0.1, 0.15) is 22.0 Å². The van der Waals surface area contributed by atoms with Crippen LogP contribution in [0.2, 0.25) is 5.02 Å². The number of aliphatic hydroxyl groups excluding tert-OH is 1. The van der Waals surface area contributed by atoms with Crippen LogP contribution in [0.15, 0.2) is 54.7 Å². The Morgan fingerprint density at radius 2 is 2.00 bits per heavy atom. The maximum Gasteiger partial charge on any atom is 0.252 e. The Hall–Kier alpha value is -4.09. The Morgan fingerprint density at radius 1 is 1.21 bits per heavy atom. The van der Waals surface area contributed by atoms with E-state index in [2.05, 4.69) is 41.4 Å². The van der Waals surface area contributed by atoms with E-state index >= 15 is 0 Å². The lowest BCUT2D eigenvalue weighted by Gasteiger charge is -2.19. The molecule has 0 saturated heterocycles. The molecule has 12 heteroatoms. The van der Waals surface area contributed by atoms with Crippen molar-refractivity contribution in [2.24, 2.45) is 7.05 Å². The molecule has 0 saturated carbocycles. The van der Waals surface area contributed by atoms with E-state index in [1.807, 2.05) is 30.3 Å². The molecule has 1 atom stereocenters. The van der Waals surface area contributed by atoms with Crippen molar-refractivity contribution in [1.29, 1.82) is 0 Å². The van der Waals surface area contributed by atoms with Crippen molar-refractivity contribution in [3.05, 3.63) is 70.9 Å². The number of carbonyl (C=O) groups excluding carboxylic acids is 1. The predicted octanol–water partition coefficient (Wildman–Crippen LogP) is 2.57. The summed E-state index contributed by atoms with van der Waals surface area (Å²) in [5.41, 5.74) is 2.40. The highest BCUT2D eigenvalue weighted by molar-refractivity contribution is 6.34. The number of anilines is 3. The first-order chi connectivity index (χ1) is 16.5. The molecule has 2 heterocycles. The van der Waals surface area contributed by atoms with E-state index in [0.717, 1.165) is 5.56 Å². The zero-order chi connectivity index (χ0) is 24.1. The van der Waals surface area contributed by atoms with Crippen LogP contribution in [0.3, 0.4) is 0 Å². The van der Waals surface area contributed by atoms with Crippen LogP contribution in [0.25, 0.3) is 11.4 Å². The fourth-order valence-electron chi connectivity index (χ4n) is 3.30. The van der Waals surface area contributed by atoms with Crippen LogP contribution < -0.4 is 16.0 Å². The number of nitrogens with zero attached hydrogens (tertiary/aromatic N) is 6. The van der Waals surface area contributed by atoms with Gasteiger partial charge >= 0.3 is 0 Å². The minimum Gasteiger partial charge on any atom is -0.394 e. The van der Waals surface area contributed by atoms with Gasteiger partial charge in [0.05, 0.1) is 28.8 Å². The third kappa shape index (κ3) is 4.95. The van der Waals surface area contributed by atoms with Crippen LogP contribution in [0.4, 0.5) is 17.5 Å². The summed E-state index contributed by atoms with van der Waals surface area (Å²) in [4.78, 5) is 20.9. The van der Waals surface area contributed by atoms with E-state index in [0.29, 0.717) is 28.5 Å². The van der Waals surface area contributed by atoms with Gasteiger partial charge in [-0.25, -0.2) is 9.67 Å². The van der Waals surface area contributed by atoms with E-state index in [9.17, 15) is 9.90 Å². The lowest BCUT2D eigenvalue weighted by atomic mass is 10.1. The quantitative estimate of drug-likeness (QED) is 0.300. The first-order valence-electron chi connectivity index (χ1n) is 10.3. The van der Waals surface area contributed by atoms with Gasteiger partial charge in [0.15, 0.2) is 5.82 Å². The van der Waals surface area contributed by atoms with E-state index < -0.39 is 6.04 Å². The molecule has 11 nitrogen and oxygen atoms in total. The molecule has 4 rings (SSSR count). The Balaban J connectivity index is 1.68. The SMILES string of the molecule is CNC(=O)c1ccc(Nc2ncc(-c3nnnn3C)c(N[C@H](CO)c3ccccc3)n2)cc1Cl. The van der Waals surface area contributed by atoms with E-state index in [1.165, 1.54) is 11.7 Å². The molecular formula is C22H22ClN9O2. The molecule has 1 amide bonds. The van der Waals surface area contributed by atoms with Gasteiger partial charge in [-0.15, -0.1) is 5.10 Å². The second kappa shape index (κ2) is 10.2. The van der Waals surface area contributed by atoms with Crippen LogP contribution in [-0.2, 0) is 7.05 Å². The van der Waals surface area contributed by atoms with Crippen LogP contribution in [0, 0.1) is 0 Å². The van der Waals surface area contributed by atoms with Gasteiger partial charge in [-0.1, -0.05) is 41.9 Å². The first-order valence-corrected chi connectivity index (χ1v) is 10.7. The number of nitrogens with one attached hydrogen (secondary N) is 3. The highest BCUT2D eigenvalue weighted by atomic mass is 35.5. The summed E-state index contributed by atoms with van der Waals surface area (Å²) in [5, 5.41) is 30.8. The summed E-state index contributed by atoms with van der Waals surface area (Å²) in [6.07, 6.45) is 1.59. The number of rotatable bonds is 8. The van der Waals surface area contributed by atoms with Gasteiger partial charge in [0.25, 0.3) is 5.91 Å². The van der Waals surface area contributed by atoms with Crippen LogP contribution in [-0.4, -0.2) is 54.8 Å². The third-order valence-corrected chi connectivity index (χ3v) is 5.35. The molecule has 0 radical (unpaired) electrons.